The number of aryl methyl sites for hydroxylation is 1. The third-order valence-corrected chi connectivity index (χ3v) is 7.12. The Morgan fingerprint density at radius 2 is 1.67 bits per heavy atom. The number of phenols is 2. The van der Waals surface area contributed by atoms with Crippen LogP contribution in [0.25, 0.3) is 10.8 Å². The number of allylic oxidation sites excluding steroid dienone is 1. The van der Waals surface area contributed by atoms with Crippen LogP contribution >= 0.6 is 0 Å². The molecule has 6 rings (SSSR count). The molecule has 1 aliphatic carbocycles. The SMILES string of the molecule is COC(=O)[13c]1[13cH][13c]2[13cH][13c]3[13c]([13c](O)[13c]2[13c](=O)o1)O[13C]1([13CH2][13CH2]3)[13CH2][13C]2=[13C](O1)[13C](=O)[13c]1[13c](O)[13c](O[13CH3])[13cH][13c](O[13CH3])[13c]1[13C]2=O. The lowest BCUT2D eigenvalue weighted by atomic mass is 10.8. The van der Waals surface area contributed by atoms with Crippen molar-refractivity contribution in [3.8, 4) is 28.7 Å². The zero-order chi connectivity index (χ0) is 27.8. The van der Waals surface area contributed by atoms with Crippen LogP contribution in [0.3, 0.4) is 0 Å². The van der Waals surface area contributed by atoms with E-state index < -0.39 is 40.4 Å². The predicted molar refractivity (Wildman–Crippen MR) is 130 cm³/mol. The number of hydrogen-bond acceptors (Lipinski definition) is 12. The number of Topliss-reactive ketones (excluding diaryl/α,β-unsaturated/α-hetero) is 2. The zero-order valence-corrected chi connectivity index (χ0v) is 20.8. The second-order valence-electron chi connectivity index (χ2n) is 9.20. The average Bonchev–Trinajstić information content (AvgIpc) is 3.30. The highest BCUT2D eigenvalue weighted by atomic mass is 16.9. The number of ketones is 2. The van der Waals surface area contributed by atoms with Crippen LogP contribution in [0.2, 0.25) is 0 Å². The highest BCUT2D eigenvalue weighted by Gasteiger charge is 2.53. The number of carbonyl (C=O) groups is 3. The van der Waals surface area contributed by atoms with Crippen LogP contribution < -0.4 is 19.8 Å². The molecule has 3 heterocycles. The second kappa shape index (κ2) is 8.25. The molecule has 2 N–H and O–H groups in total. The quantitative estimate of drug-likeness (QED) is 0.355. The Kier molecular flexibility index (Phi) is 5.15. The van der Waals surface area contributed by atoms with Crippen LogP contribution in [0.4, 0.5) is 0 Å². The fourth-order valence-corrected chi connectivity index (χ4v) is 5.29. The van der Waals surface area contributed by atoms with Crippen molar-refractivity contribution in [2.24, 2.45) is 0 Å². The number of hydrogen-bond donors (Lipinski definition) is 2. The molecule has 0 amide bonds. The van der Waals surface area contributed by atoms with Crippen molar-refractivity contribution in [2.75, 3.05) is 21.3 Å². The van der Waals surface area contributed by atoms with Crippen molar-refractivity contribution in [2.45, 2.75) is 25.0 Å². The average molecular weight is 561 g/mol. The van der Waals surface area contributed by atoms with Gasteiger partial charge in [-0.05, 0) is 29.5 Å². The summed E-state index contributed by atoms with van der Waals surface area (Å²) in [6.45, 7) is 0. The first-order chi connectivity index (χ1) is 18.6. The number of methoxy groups -OCH3 is 3. The van der Waals surface area contributed by atoms with E-state index in [1.165, 1.54) is 26.4 Å². The Balaban J connectivity index is 1.41. The van der Waals surface area contributed by atoms with Crippen LogP contribution in [0.5, 0.6) is 28.7 Å². The van der Waals surface area contributed by atoms with Gasteiger partial charge in [-0.3, -0.25) is 9.59 Å². The van der Waals surface area contributed by atoms with Gasteiger partial charge in [-0.2, -0.15) is 0 Å². The van der Waals surface area contributed by atoms with Gasteiger partial charge in [-0.25, -0.2) is 9.59 Å². The van der Waals surface area contributed by atoms with Crippen LogP contribution in [0, 0.1) is 0 Å². The molecule has 1 unspecified atom stereocenters. The van der Waals surface area contributed by atoms with E-state index in [9.17, 15) is 29.4 Å². The largest absolute Gasteiger partial charge is 0.504 e. The summed E-state index contributed by atoms with van der Waals surface area (Å²) < 4.78 is 32.1. The molecule has 12 nitrogen and oxygen atoms in total. The van der Waals surface area contributed by atoms with Gasteiger partial charge in [0.25, 0.3) is 5.79 Å². The minimum Gasteiger partial charge on any atom is -0.504 e. The van der Waals surface area contributed by atoms with Crippen LogP contribution in [-0.2, 0) is 15.9 Å². The molecule has 0 bridgehead atoms. The van der Waals surface area contributed by atoms with Crippen molar-refractivity contribution in [1.82, 2.24) is 0 Å². The Morgan fingerprint density at radius 3 is 2.36 bits per heavy atom. The summed E-state index contributed by atoms with van der Waals surface area (Å²) in [5, 5.41) is 21.7. The van der Waals surface area contributed by atoms with Gasteiger partial charge in [0.15, 0.2) is 34.5 Å². The summed E-state index contributed by atoms with van der Waals surface area (Å²) >= 11 is 0. The second-order valence-corrected chi connectivity index (χ2v) is 9.20. The molecule has 1 aromatic heterocycles. The fraction of sp³-hybridized carbons (Fsp3) is 0.259. The van der Waals surface area contributed by atoms with Crippen molar-refractivity contribution in [3.63, 3.8) is 0 Å². The summed E-state index contributed by atoms with van der Waals surface area (Å²) in [6, 6.07) is 4.16. The molecule has 2 aromatic carbocycles. The maximum Gasteiger partial charge on any atom is 0.374 e. The molecule has 3 aliphatic rings. The smallest absolute Gasteiger partial charge is 0.374 e. The fourth-order valence-electron chi connectivity index (χ4n) is 5.29. The van der Waals surface area contributed by atoms with Crippen LogP contribution in [-0.4, -0.2) is 54.9 Å². The number of benzene rings is 2. The zero-order valence-electron chi connectivity index (χ0n) is 20.8. The third-order valence-electron chi connectivity index (χ3n) is 7.12. The van der Waals surface area contributed by atoms with Gasteiger partial charge < -0.3 is 38.3 Å². The number of esters is 1. The first-order valence-corrected chi connectivity index (χ1v) is 11.7. The summed E-state index contributed by atoms with van der Waals surface area (Å²) in [6.07, 6.45) is 0.298. The van der Waals surface area contributed by atoms with Gasteiger partial charge in [0, 0.05) is 12.5 Å². The van der Waals surface area contributed by atoms with Crippen molar-refractivity contribution >= 4 is 28.3 Å². The molecule has 12 heteroatoms. The Bertz CT molecular complexity index is 1740. The molecular weight excluding hydrogens is 541 g/mol. The van der Waals surface area contributed by atoms with E-state index in [2.05, 4.69) is 4.74 Å². The molecule has 3 aromatic rings. The maximum absolute atomic E-state index is 13.5. The van der Waals surface area contributed by atoms with Gasteiger partial charge in [0.05, 0.1) is 44.5 Å². The van der Waals surface area contributed by atoms with Gasteiger partial charge in [-0.15, -0.1) is 0 Å². The van der Waals surface area contributed by atoms with Crippen molar-refractivity contribution in [1.29, 1.82) is 0 Å². The first kappa shape index (κ1) is 24.3. The van der Waals surface area contributed by atoms with Crippen LogP contribution in [0.1, 0.15) is 49.7 Å². The lowest BCUT2D eigenvalue weighted by molar-refractivity contribution is -0.148. The van der Waals surface area contributed by atoms with E-state index >= 15 is 0 Å². The molecule has 1 atom stereocenters. The molecule has 0 fully saturated rings. The molecule has 0 saturated heterocycles. The predicted octanol–water partition coefficient (Wildman–Crippen LogP) is 2.78. The van der Waals surface area contributed by atoms with E-state index in [4.69, 9.17) is 23.4 Å². The summed E-state index contributed by atoms with van der Waals surface area (Å²) in [4.78, 5) is 51.5. The number of phenolic OH excluding ortho intramolecular Hbond substituents is 2. The van der Waals surface area contributed by atoms with Gasteiger partial charge >= 0.3 is 11.6 Å². The molecule has 39 heavy (non-hydrogen) atoms. The molecule has 0 radical (unpaired) electrons. The number of rotatable bonds is 3. The number of ether oxygens (including phenoxy) is 5. The minimum absolute atomic E-state index is 0.0290. The number of fused-ring (bicyclic) bond motifs is 3. The lowest BCUT2D eigenvalue weighted by Crippen LogP contribution is -2.40. The normalized spacial score (nSPS) is 19.3. The van der Waals surface area contributed by atoms with Gasteiger partial charge in [0.2, 0.25) is 11.5 Å². The van der Waals surface area contributed by atoms with E-state index in [0.717, 1.165) is 7.11 Å². The topological polar surface area (TPSA) is 168 Å². The number of aromatic hydroxyl groups is 2. The van der Waals surface area contributed by atoms with Gasteiger partial charge in [-0.1, -0.05) is 0 Å². The van der Waals surface area contributed by atoms with Crippen LogP contribution in [0.15, 0.2) is 38.7 Å². The van der Waals surface area contributed by atoms with E-state index in [0.29, 0.717) is 5.56 Å². The van der Waals surface area contributed by atoms with E-state index in [1.54, 1.807) is 6.07 Å². The number of carbonyl (C=O) groups excluding carboxylic acids is 3. The first-order valence-electron chi connectivity index (χ1n) is 11.7. The third kappa shape index (κ3) is 3.30. The Morgan fingerprint density at radius 1 is 0.923 bits per heavy atom. The monoisotopic (exact) mass is 561 g/mol. The molecular formula is C27H20O12. The molecule has 1 spiro atoms. The minimum atomic E-state index is -1.55. The molecule has 200 valence electrons. The standard InChI is InChI=1S/C27H20O12/c1-34-13-8-14(35-2)20(29)18-17(13)19(28)12-9-27(39-24(12)22(18)31)5-4-10-6-11-7-15(25(32)36-3)37-26(33)16(11)21(30)23(10)38-27/h6-8,29-30H,4-5,9H2,1-3H3/i1+1,2+1,4+1,5+1,6+1,7+1,8+1,9+1,10+1,11+1,12+1,13+1,14+1,15+1,16+1,17+1,18+1,19+1,20+1,21+1,22+1,23+1,24+1,26+1,27+1. The highest BCUT2D eigenvalue weighted by molar-refractivity contribution is 6.29. The summed E-state index contributed by atoms with van der Waals surface area (Å²) in [7, 11) is 3.75. The maximum atomic E-state index is 13.5. The molecule has 0 saturated carbocycles. The van der Waals surface area contributed by atoms with Crippen molar-refractivity contribution in [3.05, 3.63) is 62.4 Å². The van der Waals surface area contributed by atoms with E-state index in [1.807, 2.05) is 0 Å². The lowest BCUT2D eigenvalue weighted by Gasteiger charge is -2.35. The molecule has 2 aliphatic heterocycles. The van der Waals surface area contributed by atoms with E-state index in [-0.39, 0.29) is 75.5 Å². The Hall–Kier alpha value is -5.00. The van der Waals surface area contributed by atoms with Gasteiger partial charge in [0.1, 0.15) is 11.1 Å². The highest BCUT2D eigenvalue weighted by Crippen LogP contribution is 2.52. The Labute approximate surface area is 218 Å². The summed E-state index contributed by atoms with van der Waals surface area (Å²) in [5.41, 5.74) is -0.884. The van der Waals surface area contributed by atoms with Crippen molar-refractivity contribution < 1.29 is 52.7 Å². The summed E-state index contributed by atoms with van der Waals surface area (Å²) in [5.74, 6) is -5.51.